The van der Waals surface area contributed by atoms with E-state index < -0.39 is 11.6 Å². The van der Waals surface area contributed by atoms with Crippen LogP contribution in [-0.2, 0) is 33.7 Å². The Morgan fingerprint density at radius 1 is 1.24 bits per heavy atom. The van der Waals surface area contributed by atoms with Crippen LogP contribution in [0.25, 0.3) is 11.0 Å². The SMILES string of the molecule is COCC(=O)OCc1cc(=O)oc2cc3c(cc12)CCC3. The number of rotatable bonds is 4. The Hall–Kier alpha value is -2.14. The topological polar surface area (TPSA) is 65.7 Å². The molecule has 0 fully saturated rings. The molecule has 1 aliphatic carbocycles. The normalized spacial score (nSPS) is 13.4. The molecule has 0 unspecified atom stereocenters. The van der Waals surface area contributed by atoms with Crippen LogP contribution in [0.1, 0.15) is 23.1 Å². The minimum absolute atomic E-state index is 0.0447. The zero-order chi connectivity index (χ0) is 14.8. The largest absolute Gasteiger partial charge is 0.459 e. The molecule has 110 valence electrons. The Morgan fingerprint density at radius 3 is 2.76 bits per heavy atom. The minimum Gasteiger partial charge on any atom is -0.459 e. The molecule has 1 aliphatic rings. The van der Waals surface area contributed by atoms with E-state index in [-0.39, 0.29) is 13.2 Å². The van der Waals surface area contributed by atoms with E-state index in [0.717, 1.165) is 24.6 Å². The maximum atomic E-state index is 11.6. The molecular formula is C16H16O5. The van der Waals surface area contributed by atoms with Crippen molar-refractivity contribution in [2.45, 2.75) is 25.9 Å². The number of esters is 1. The van der Waals surface area contributed by atoms with Gasteiger partial charge in [-0.25, -0.2) is 9.59 Å². The van der Waals surface area contributed by atoms with Crippen molar-refractivity contribution < 1.29 is 18.7 Å². The molecule has 0 atom stereocenters. The first kappa shape index (κ1) is 13.8. The van der Waals surface area contributed by atoms with Crippen molar-refractivity contribution in [3.8, 4) is 0 Å². The van der Waals surface area contributed by atoms with E-state index in [0.29, 0.717) is 11.1 Å². The van der Waals surface area contributed by atoms with Crippen LogP contribution < -0.4 is 5.63 Å². The Morgan fingerprint density at radius 2 is 2.00 bits per heavy atom. The van der Waals surface area contributed by atoms with E-state index in [1.54, 1.807) is 0 Å². The first-order valence-electron chi connectivity index (χ1n) is 6.90. The number of ether oxygens (including phenoxy) is 2. The summed E-state index contributed by atoms with van der Waals surface area (Å²) in [5.74, 6) is -0.458. The third-order valence-corrected chi connectivity index (χ3v) is 3.69. The second kappa shape index (κ2) is 5.69. The van der Waals surface area contributed by atoms with Crippen molar-refractivity contribution in [1.29, 1.82) is 0 Å². The van der Waals surface area contributed by atoms with E-state index in [2.05, 4.69) is 0 Å². The van der Waals surface area contributed by atoms with Crippen LogP contribution >= 0.6 is 0 Å². The number of hydrogen-bond acceptors (Lipinski definition) is 5. The molecular weight excluding hydrogens is 272 g/mol. The fourth-order valence-corrected chi connectivity index (χ4v) is 2.73. The average Bonchev–Trinajstić information content (AvgIpc) is 2.90. The zero-order valence-electron chi connectivity index (χ0n) is 11.8. The number of hydrogen-bond donors (Lipinski definition) is 0. The number of aryl methyl sites for hydroxylation is 2. The van der Waals surface area contributed by atoms with Crippen LogP contribution in [0.15, 0.2) is 27.4 Å². The summed E-state index contributed by atoms with van der Waals surface area (Å²) in [5, 5.41) is 0.834. The summed E-state index contributed by atoms with van der Waals surface area (Å²) < 4.78 is 15.1. The van der Waals surface area contributed by atoms with Gasteiger partial charge >= 0.3 is 11.6 Å². The van der Waals surface area contributed by atoms with Gasteiger partial charge in [-0.05, 0) is 42.5 Å². The molecule has 0 bridgehead atoms. The van der Waals surface area contributed by atoms with Gasteiger partial charge in [0.25, 0.3) is 0 Å². The van der Waals surface area contributed by atoms with Crippen molar-refractivity contribution in [3.63, 3.8) is 0 Å². The number of carbonyl (C=O) groups is 1. The molecule has 0 aliphatic heterocycles. The van der Waals surface area contributed by atoms with Crippen LogP contribution in [0.3, 0.4) is 0 Å². The lowest BCUT2D eigenvalue weighted by Crippen LogP contribution is -2.12. The highest BCUT2D eigenvalue weighted by Gasteiger charge is 2.15. The lowest BCUT2D eigenvalue weighted by Gasteiger charge is -2.08. The second-order valence-corrected chi connectivity index (χ2v) is 5.16. The van der Waals surface area contributed by atoms with Gasteiger partial charge in [-0.15, -0.1) is 0 Å². The fourth-order valence-electron chi connectivity index (χ4n) is 2.73. The maximum Gasteiger partial charge on any atom is 0.336 e. The van der Waals surface area contributed by atoms with Crippen molar-refractivity contribution in [2.24, 2.45) is 0 Å². The van der Waals surface area contributed by atoms with E-state index in [4.69, 9.17) is 13.9 Å². The summed E-state index contributed by atoms with van der Waals surface area (Å²) in [6.45, 7) is -0.0577. The summed E-state index contributed by atoms with van der Waals surface area (Å²) in [4.78, 5) is 23.0. The molecule has 0 saturated heterocycles. The second-order valence-electron chi connectivity index (χ2n) is 5.16. The lowest BCUT2D eigenvalue weighted by atomic mass is 10.0. The van der Waals surface area contributed by atoms with Crippen LogP contribution in [0.5, 0.6) is 0 Å². The molecule has 0 amide bonds. The van der Waals surface area contributed by atoms with Crippen molar-refractivity contribution in [3.05, 3.63) is 45.3 Å². The zero-order valence-corrected chi connectivity index (χ0v) is 11.8. The molecule has 3 rings (SSSR count). The molecule has 21 heavy (non-hydrogen) atoms. The predicted octanol–water partition coefficient (Wildman–Crippen LogP) is 1.97. The molecule has 0 N–H and O–H groups in total. The van der Waals surface area contributed by atoms with Crippen LogP contribution in [-0.4, -0.2) is 19.7 Å². The van der Waals surface area contributed by atoms with Gasteiger partial charge < -0.3 is 13.9 Å². The Bertz CT molecular complexity index is 744. The minimum atomic E-state index is -0.458. The number of benzene rings is 1. The van der Waals surface area contributed by atoms with Gasteiger partial charge in [0.1, 0.15) is 18.8 Å². The molecule has 1 aromatic carbocycles. The quantitative estimate of drug-likeness (QED) is 0.635. The fraction of sp³-hybridized carbons (Fsp3) is 0.375. The van der Waals surface area contributed by atoms with E-state index in [1.807, 2.05) is 12.1 Å². The Labute approximate surface area is 121 Å². The molecule has 5 nitrogen and oxygen atoms in total. The Kier molecular flexibility index (Phi) is 3.75. The summed E-state index contributed by atoms with van der Waals surface area (Å²) in [5.41, 5.74) is 3.31. The van der Waals surface area contributed by atoms with Crippen molar-refractivity contribution in [1.82, 2.24) is 0 Å². The van der Waals surface area contributed by atoms with Gasteiger partial charge in [-0.3, -0.25) is 0 Å². The van der Waals surface area contributed by atoms with Crippen molar-refractivity contribution >= 4 is 16.9 Å². The summed E-state index contributed by atoms with van der Waals surface area (Å²) in [6.07, 6.45) is 3.17. The number of carbonyl (C=O) groups excluding carboxylic acids is 1. The molecule has 0 spiro atoms. The maximum absolute atomic E-state index is 11.6. The number of fused-ring (bicyclic) bond motifs is 2. The summed E-state index contributed by atoms with van der Waals surface area (Å²) in [7, 11) is 1.43. The van der Waals surface area contributed by atoms with Crippen LogP contribution in [0.2, 0.25) is 0 Å². The lowest BCUT2D eigenvalue weighted by molar-refractivity contribution is -0.149. The average molecular weight is 288 g/mol. The molecule has 0 radical (unpaired) electrons. The van der Waals surface area contributed by atoms with Gasteiger partial charge in [0.05, 0.1) is 0 Å². The predicted molar refractivity (Wildman–Crippen MR) is 76.2 cm³/mol. The van der Waals surface area contributed by atoms with E-state index in [1.165, 1.54) is 24.3 Å². The first-order chi connectivity index (χ1) is 10.2. The van der Waals surface area contributed by atoms with E-state index in [9.17, 15) is 9.59 Å². The first-order valence-corrected chi connectivity index (χ1v) is 6.90. The number of methoxy groups -OCH3 is 1. The van der Waals surface area contributed by atoms with Crippen molar-refractivity contribution in [2.75, 3.05) is 13.7 Å². The smallest absolute Gasteiger partial charge is 0.336 e. The summed E-state index contributed by atoms with van der Waals surface area (Å²) >= 11 is 0. The molecule has 2 aromatic rings. The van der Waals surface area contributed by atoms with Gasteiger partial charge in [0.15, 0.2) is 0 Å². The standard InChI is InChI=1S/C16H16O5/c1-19-9-16(18)20-8-12-7-15(17)21-14-6-11-4-2-3-10(11)5-13(12)14/h5-7H,2-4,8-9H2,1H3. The van der Waals surface area contributed by atoms with Crippen LogP contribution in [0.4, 0.5) is 0 Å². The molecule has 0 saturated carbocycles. The van der Waals surface area contributed by atoms with Crippen LogP contribution in [0, 0.1) is 0 Å². The van der Waals surface area contributed by atoms with Gasteiger partial charge in [-0.2, -0.15) is 0 Å². The molecule has 5 heteroatoms. The monoisotopic (exact) mass is 288 g/mol. The third-order valence-electron chi connectivity index (χ3n) is 3.69. The molecule has 1 aromatic heterocycles. The highest BCUT2D eigenvalue weighted by Crippen LogP contribution is 2.28. The van der Waals surface area contributed by atoms with E-state index >= 15 is 0 Å². The molecule has 1 heterocycles. The van der Waals surface area contributed by atoms with Gasteiger partial charge in [-0.1, -0.05) is 0 Å². The third kappa shape index (κ3) is 2.83. The highest BCUT2D eigenvalue weighted by atomic mass is 16.6. The highest BCUT2D eigenvalue weighted by molar-refractivity contribution is 5.82. The van der Waals surface area contributed by atoms with Gasteiger partial charge in [0.2, 0.25) is 0 Å². The van der Waals surface area contributed by atoms with Gasteiger partial charge in [0, 0.05) is 24.1 Å². The Balaban J connectivity index is 1.97. The summed E-state index contributed by atoms with van der Waals surface area (Å²) in [6, 6.07) is 5.35.